The lowest BCUT2D eigenvalue weighted by Crippen LogP contribution is -2.14. The summed E-state index contributed by atoms with van der Waals surface area (Å²) in [6, 6.07) is 8.00. The molecule has 23 heavy (non-hydrogen) atoms. The van der Waals surface area contributed by atoms with Crippen LogP contribution in [0, 0.1) is 10.1 Å². The van der Waals surface area contributed by atoms with Gasteiger partial charge in [0.2, 0.25) is 0 Å². The molecular formula is C15H13N3O5. The average molecular weight is 315 g/mol. The second-order valence-corrected chi connectivity index (χ2v) is 4.41. The molecule has 2 rings (SSSR count). The van der Waals surface area contributed by atoms with Crippen LogP contribution in [0.25, 0.3) is 0 Å². The predicted octanol–water partition coefficient (Wildman–Crippen LogP) is 2.42. The van der Waals surface area contributed by atoms with Crippen molar-refractivity contribution in [2.45, 2.75) is 6.92 Å². The Morgan fingerprint density at radius 2 is 1.91 bits per heavy atom. The highest BCUT2D eigenvalue weighted by Gasteiger charge is 2.12. The van der Waals surface area contributed by atoms with Crippen molar-refractivity contribution in [2.75, 3.05) is 11.9 Å². The molecule has 118 valence electrons. The van der Waals surface area contributed by atoms with Gasteiger partial charge in [0.05, 0.1) is 17.1 Å². The molecule has 0 atom stereocenters. The molecule has 0 bridgehead atoms. The van der Waals surface area contributed by atoms with Gasteiger partial charge in [-0.15, -0.1) is 0 Å². The number of hydrogen-bond acceptors (Lipinski definition) is 6. The first-order valence-corrected chi connectivity index (χ1v) is 6.70. The van der Waals surface area contributed by atoms with Crippen LogP contribution in [0.5, 0.6) is 0 Å². The minimum absolute atomic E-state index is 0.107. The van der Waals surface area contributed by atoms with Crippen molar-refractivity contribution in [3.8, 4) is 0 Å². The van der Waals surface area contributed by atoms with Gasteiger partial charge in [-0.3, -0.25) is 14.9 Å². The lowest BCUT2D eigenvalue weighted by Gasteiger charge is -2.06. The molecular weight excluding hydrogens is 302 g/mol. The van der Waals surface area contributed by atoms with Gasteiger partial charge in [0, 0.05) is 23.9 Å². The number of carbonyl (C=O) groups is 2. The number of nitrogens with zero attached hydrogens (tertiary/aromatic N) is 2. The number of anilines is 1. The lowest BCUT2D eigenvalue weighted by atomic mass is 10.2. The standard InChI is InChI=1S/C15H13N3O5/c1-2-23-15(20)11-7-8-16-13(9-11)17-14(19)10-3-5-12(6-4-10)18(21)22/h3-9H,2H2,1H3,(H,16,17,19). The summed E-state index contributed by atoms with van der Waals surface area (Å²) in [4.78, 5) is 37.7. The third-order valence-electron chi connectivity index (χ3n) is 2.85. The molecule has 2 aromatic rings. The summed E-state index contributed by atoms with van der Waals surface area (Å²) in [6.07, 6.45) is 1.37. The number of nitrogens with one attached hydrogen (secondary N) is 1. The Balaban J connectivity index is 2.12. The summed E-state index contributed by atoms with van der Waals surface area (Å²) >= 11 is 0. The summed E-state index contributed by atoms with van der Waals surface area (Å²) in [5.41, 5.74) is 0.392. The highest BCUT2D eigenvalue weighted by atomic mass is 16.6. The fourth-order valence-electron chi connectivity index (χ4n) is 1.76. The predicted molar refractivity (Wildman–Crippen MR) is 81.2 cm³/mol. The molecule has 8 heteroatoms. The van der Waals surface area contributed by atoms with E-state index in [2.05, 4.69) is 10.3 Å². The van der Waals surface area contributed by atoms with Crippen molar-refractivity contribution in [1.82, 2.24) is 4.98 Å². The summed E-state index contributed by atoms with van der Waals surface area (Å²) in [6.45, 7) is 1.93. The SMILES string of the molecule is CCOC(=O)c1ccnc(NC(=O)c2ccc([N+](=O)[O-])cc2)c1. The minimum atomic E-state index is -0.550. The largest absolute Gasteiger partial charge is 0.462 e. The molecule has 0 unspecified atom stereocenters. The summed E-state index contributed by atoms with van der Waals surface area (Å²) in [5.74, 6) is -0.826. The van der Waals surface area contributed by atoms with Gasteiger partial charge in [0.1, 0.15) is 5.82 Å². The number of nitro groups is 1. The topological polar surface area (TPSA) is 111 Å². The van der Waals surface area contributed by atoms with Crippen molar-refractivity contribution in [3.05, 3.63) is 63.8 Å². The van der Waals surface area contributed by atoms with E-state index in [0.717, 1.165) is 0 Å². The molecule has 0 saturated carbocycles. The lowest BCUT2D eigenvalue weighted by molar-refractivity contribution is -0.384. The Bertz CT molecular complexity index is 743. The van der Waals surface area contributed by atoms with Crippen LogP contribution in [0.3, 0.4) is 0 Å². The highest BCUT2D eigenvalue weighted by molar-refractivity contribution is 6.04. The average Bonchev–Trinajstić information content (AvgIpc) is 2.55. The maximum atomic E-state index is 12.1. The molecule has 0 saturated heterocycles. The first kappa shape index (κ1) is 16.1. The van der Waals surface area contributed by atoms with Crippen LogP contribution in [0.1, 0.15) is 27.6 Å². The van der Waals surface area contributed by atoms with Crippen LogP contribution in [-0.2, 0) is 4.74 Å². The number of esters is 1. The number of nitro benzene ring substituents is 1. The maximum Gasteiger partial charge on any atom is 0.338 e. The van der Waals surface area contributed by atoms with Gasteiger partial charge in [-0.1, -0.05) is 0 Å². The number of ether oxygens (including phenoxy) is 1. The number of benzene rings is 1. The van der Waals surface area contributed by atoms with Crippen LogP contribution in [0.15, 0.2) is 42.6 Å². The van der Waals surface area contributed by atoms with E-state index in [1.165, 1.54) is 42.6 Å². The summed E-state index contributed by atoms with van der Waals surface area (Å²) in [5, 5.41) is 13.1. The van der Waals surface area contributed by atoms with Gasteiger partial charge in [-0.05, 0) is 31.2 Å². The molecule has 0 aliphatic rings. The normalized spacial score (nSPS) is 9.96. The smallest absolute Gasteiger partial charge is 0.338 e. The van der Waals surface area contributed by atoms with Crippen molar-refractivity contribution in [2.24, 2.45) is 0 Å². The molecule has 0 fully saturated rings. The van der Waals surface area contributed by atoms with Crippen molar-refractivity contribution in [1.29, 1.82) is 0 Å². The Morgan fingerprint density at radius 1 is 1.22 bits per heavy atom. The monoisotopic (exact) mass is 315 g/mol. The Kier molecular flexibility index (Phi) is 4.98. The molecule has 1 heterocycles. The van der Waals surface area contributed by atoms with E-state index in [1.807, 2.05) is 0 Å². The van der Waals surface area contributed by atoms with E-state index in [4.69, 9.17) is 4.74 Å². The third kappa shape index (κ3) is 4.10. The van der Waals surface area contributed by atoms with E-state index in [0.29, 0.717) is 0 Å². The number of pyridine rings is 1. The van der Waals surface area contributed by atoms with Crippen LogP contribution in [0.2, 0.25) is 0 Å². The van der Waals surface area contributed by atoms with Gasteiger partial charge >= 0.3 is 5.97 Å². The van der Waals surface area contributed by atoms with E-state index in [9.17, 15) is 19.7 Å². The number of non-ortho nitro benzene ring substituents is 1. The van der Waals surface area contributed by atoms with E-state index in [1.54, 1.807) is 6.92 Å². The molecule has 0 aliphatic heterocycles. The van der Waals surface area contributed by atoms with Crippen LogP contribution < -0.4 is 5.32 Å². The van der Waals surface area contributed by atoms with Crippen LogP contribution in [-0.4, -0.2) is 28.4 Å². The number of rotatable bonds is 5. The van der Waals surface area contributed by atoms with E-state index in [-0.39, 0.29) is 29.2 Å². The second-order valence-electron chi connectivity index (χ2n) is 4.41. The fraction of sp³-hybridized carbons (Fsp3) is 0.133. The number of carbonyl (C=O) groups excluding carboxylic acids is 2. The van der Waals surface area contributed by atoms with Gasteiger partial charge in [-0.25, -0.2) is 9.78 Å². The highest BCUT2D eigenvalue weighted by Crippen LogP contribution is 2.14. The van der Waals surface area contributed by atoms with Crippen LogP contribution in [0.4, 0.5) is 11.5 Å². The first-order valence-electron chi connectivity index (χ1n) is 6.70. The van der Waals surface area contributed by atoms with Crippen molar-refractivity contribution >= 4 is 23.4 Å². The summed E-state index contributed by atoms with van der Waals surface area (Å²) in [7, 11) is 0. The molecule has 1 aromatic heterocycles. The minimum Gasteiger partial charge on any atom is -0.462 e. The van der Waals surface area contributed by atoms with E-state index >= 15 is 0 Å². The Labute approximate surface area is 131 Å². The zero-order chi connectivity index (χ0) is 16.8. The molecule has 1 N–H and O–H groups in total. The maximum absolute atomic E-state index is 12.1. The van der Waals surface area contributed by atoms with Gasteiger partial charge in [-0.2, -0.15) is 0 Å². The molecule has 0 radical (unpaired) electrons. The van der Waals surface area contributed by atoms with Gasteiger partial charge in [0.15, 0.2) is 0 Å². The zero-order valence-corrected chi connectivity index (χ0v) is 12.2. The molecule has 0 aliphatic carbocycles. The molecule has 8 nitrogen and oxygen atoms in total. The van der Waals surface area contributed by atoms with Crippen molar-refractivity contribution in [3.63, 3.8) is 0 Å². The quantitative estimate of drug-likeness (QED) is 0.515. The third-order valence-corrected chi connectivity index (χ3v) is 2.85. The number of hydrogen-bond donors (Lipinski definition) is 1. The number of amides is 1. The Morgan fingerprint density at radius 3 is 2.52 bits per heavy atom. The molecule has 1 aromatic carbocycles. The zero-order valence-electron chi connectivity index (χ0n) is 12.2. The summed E-state index contributed by atoms with van der Waals surface area (Å²) < 4.78 is 4.86. The van der Waals surface area contributed by atoms with E-state index < -0.39 is 16.8 Å². The number of aromatic nitrogens is 1. The van der Waals surface area contributed by atoms with Gasteiger partial charge < -0.3 is 10.1 Å². The Hall–Kier alpha value is -3.29. The first-order chi connectivity index (χ1) is 11.0. The van der Waals surface area contributed by atoms with Crippen molar-refractivity contribution < 1.29 is 19.2 Å². The fourth-order valence-corrected chi connectivity index (χ4v) is 1.76. The second kappa shape index (κ2) is 7.12. The molecule has 0 spiro atoms. The van der Waals surface area contributed by atoms with Crippen LogP contribution >= 0.6 is 0 Å². The molecule has 1 amide bonds. The van der Waals surface area contributed by atoms with Gasteiger partial charge in [0.25, 0.3) is 11.6 Å².